The summed E-state index contributed by atoms with van der Waals surface area (Å²) in [6.45, 7) is 6.62. The zero-order valence-electron chi connectivity index (χ0n) is 14.6. The van der Waals surface area contributed by atoms with Gasteiger partial charge in [0.05, 0.1) is 0 Å². The molecule has 0 aromatic heterocycles. The van der Waals surface area contributed by atoms with E-state index >= 15 is 0 Å². The summed E-state index contributed by atoms with van der Waals surface area (Å²) < 4.78 is 0. The van der Waals surface area contributed by atoms with Crippen LogP contribution < -0.4 is 10.4 Å². The molecule has 0 aliphatic rings. The molecule has 0 radical (unpaired) electrons. The Hall–Kier alpha value is -1.86. The van der Waals surface area contributed by atoms with Gasteiger partial charge in [-0.25, -0.2) is 0 Å². The molecule has 0 N–H and O–H groups in total. The first-order valence-corrected chi connectivity index (χ1v) is 10.5. The van der Waals surface area contributed by atoms with Crippen LogP contribution in [0, 0.1) is 0 Å². The molecule has 2 rings (SSSR count). The third-order valence-corrected chi connectivity index (χ3v) is 7.28. The smallest absolute Gasteiger partial charge is 0.0879 e. The van der Waals surface area contributed by atoms with E-state index in [0.717, 1.165) is 6.42 Å². The van der Waals surface area contributed by atoms with Crippen LogP contribution in [-0.4, -0.2) is 8.80 Å². The Morgan fingerprint density at radius 1 is 0.783 bits per heavy atom. The molecule has 0 atom stereocenters. The Bertz CT molecular complexity index is 595. The van der Waals surface area contributed by atoms with Crippen LogP contribution >= 0.6 is 0 Å². The summed E-state index contributed by atoms with van der Waals surface area (Å²) in [5, 5.41) is 3.07. The Morgan fingerprint density at radius 3 is 1.78 bits per heavy atom. The maximum absolute atomic E-state index is 2.48. The maximum Gasteiger partial charge on any atom is 0.106 e. The zero-order valence-corrected chi connectivity index (χ0v) is 15.8. The molecule has 0 amide bonds. The SMILES string of the molecule is CC(C)=CCCC(C)=CC[SiH](c1ccccc1)c1ccccc1. The summed E-state index contributed by atoms with van der Waals surface area (Å²) in [5.41, 5.74) is 2.94. The minimum atomic E-state index is -1.15. The van der Waals surface area contributed by atoms with Crippen molar-refractivity contribution in [3.63, 3.8) is 0 Å². The Morgan fingerprint density at radius 2 is 1.30 bits per heavy atom. The van der Waals surface area contributed by atoms with E-state index < -0.39 is 8.80 Å². The molecule has 1 heteroatoms. The molecule has 0 bridgehead atoms. The molecule has 0 heterocycles. The van der Waals surface area contributed by atoms with Gasteiger partial charge in [-0.1, -0.05) is 94.3 Å². The Kier molecular flexibility index (Phi) is 7.08. The van der Waals surface area contributed by atoms with Crippen LogP contribution in [-0.2, 0) is 0 Å². The van der Waals surface area contributed by atoms with Gasteiger partial charge >= 0.3 is 0 Å². The van der Waals surface area contributed by atoms with E-state index in [4.69, 9.17) is 0 Å². The van der Waals surface area contributed by atoms with Crippen molar-refractivity contribution in [2.24, 2.45) is 0 Å². The van der Waals surface area contributed by atoms with Gasteiger partial charge in [0.2, 0.25) is 0 Å². The standard InChI is InChI=1S/C22H28Si/c1-19(2)11-10-12-20(3)17-18-23(21-13-6-4-7-14-21)22-15-8-5-9-16-22/h4-9,11,13-17,23H,10,12,18H2,1-3H3. The summed E-state index contributed by atoms with van der Waals surface area (Å²) in [5.74, 6) is 0. The fourth-order valence-corrected chi connectivity index (χ4v) is 5.79. The van der Waals surface area contributed by atoms with Crippen LogP contribution in [0.2, 0.25) is 6.04 Å². The van der Waals surface area contributed by atoms with Crippen molar-refractivity contribution in [3.8, 4) is 0 Å². The number of hydrogen-bond donors (Lipinski definition) is 0. The van der Waals surface area contributed by atoms with Crippen molar-refractivity contribution in [1.82, 2.24) is 0 Å². The summed E-state index contributed by atoms with van der Waals surface area (Å²) in [6.07, 6.45) is 7.15. The van der Waals surface area contributed by atoms with Crippen LogP contribution in [0.5, 0.6) is 0 Å². The quantitative estimate of drug-likeness (QED) is 0.511. The van der Waals surface area contributed by atoms with Gasteiger partial charge < -0.3 is 0 Å². The van der Waals surface area contributed by atoms with E-state index in [-0.39, 0.29) is 0 Å². The van der Waals surface area contributed by atoms with Crippen LogP contribution in [0.4, 0.5) is 0 Å². The predicted octanol–water partition coefficient (Wildman–Crippen LogP) is 4.72. The molecular weight excluding hydrogens is 292 g/mol. The lowest BCUT2D eigenvalue weighted by atomic mass is 10.1. The lowest BCUT2D eigenvalue weighted by Gasteiger charge is -2.15. The molecule has 0 nitrogen and oxygen atoms in total. The van der Waals surface area contributed by atoms with Crippen LogP contribution in [0.15, 0.2) is 84.0 Å². The van der Waals surface area contributed by atoms with E-state index in [9.17, 15) is 0 Å². The average molecular weight is 321 g/mol. The number of hydrogen-bond acceptors (Lipinski definition) is 0. The first-order valence-electron chi connectivity index (χ1n) is 8.55. The highest BCUT2D eigenvalue weighted by Crippen LogP contribution is 2.09. The second-order valence-corrected chi connectivity index (χ2v) is 9.39. The highest BCUT2D eigenvalue weighted by Gasteiger charge is 2.14. The molecule has 23 heavy (non-hydrogen) atoms. The van der Waals surface area contributed by atoms with Crippen LogP contribution in [0.3, 0.4) is 0 Å². The molecule has 0 unspecified atom stereocenters. The highest BCUT2D eigenvalue weighted by atomic mass is 28.3. The van der Waals surface area contributed by atoms with E-state index in [0.29, 0.717) is 0 Å². The third kappa shape index (κ3) is 6.03. The largest absolute Gasteiger partial charge is 0.106 e. The zero-order chi connectivity index (χ0) is 16.5. The summed E-state index contributed by atoms with van der Waals surface area (Å²) >= 11 is 0. The van der Waals surface area contributed by atoms with Crippen molar-refractivity contribution < 1.29 is 0 Å². The summed E-state index contributed by atoms with van der Waals surface area (Å²) in [7, 11) is -1.15. The van der Waals surface area contributed by atoms with Gasteiger partial charge in [-0.2, -0.15) is 0 Å². The van der Waals surface area contributed by atoms with E-state index in [1.807, 2.05) is 0 Å². The van der Waals surface area contributed by atoms with Crippen molar-refractivity contribution in [2.75, 3.05) is 0 Å². The molecule has 2 aromatic carbocycles. The molecule has 120 valence electrons. The lowest BCUT2D eigenvalue weighted by Crippen LogP contribution is -2.41. The Balaban J connectivity index is 2.11. The lowest BCUT2D eigenvalue weighted by molar-refractivity contribution is 0.963. The van der Waals surface area contributed by atoms with E-state index in [2.05, 4.69) is 93.6 Å². The van der Waals surface area contributed by atoms with Crippen molar-refractivity contribution in [3.05, 3.63) is 84.0 Å². The van der Waals surface area contributed by atoms with Gasteiger partial charge in [-0.15, -0.1) is 0 Å². The third-order valence-electron chi connectivity index (χ3n) is 4.20. The van der Waals surface area contributed by atoms with Gasteiger partial charge in [-0.05, 0) is 39.7 Å². The van der Waals surface area contributed by atoms with E-state index in [1.165, 1.54) is 34.0 Å². The fraction of sp³-hybridized carbons (Fsp3) is 0.273. The first kappa shape index (κ1) is 17.5. The van der Waals surface area contributed by atoms with Gasteiger partial charge in [-0.3, -0.25) is 0 Å². The minimum Gasteiger partial charge on any atom is -0.0879 e. The summed E-state index contributed by atoms with van der Waals surface area (Å²) in [6, 6.07) is 23.3. The topological polar surface area (TPSA) is 0 Å². The molecule has 2 aromatic rings. The molecule has 0 aliphatic carbocycles. The number of rotatable bonds is 7. The van der Waals surface area contributed by atoms with Crippen molar-refractivity contribution in [2.45, 2.75) is 39.7 Å². The molecule has 0 aliphatic heterocycles. The van der Waals surface area contributed by atoms with E-state index in [1.54, 1.807) is 0 Å². The minimum absolute atomic E-state index is 1.15. The second-order valence-electron chi connectivity index (χ2n) is 6.48. The molecule has 0 fully saturated rings. The number of allylic oxidation sites excluding steroid dienone is 4. The molecular formula is C22H28Si. The summed E-state index contributed by atoms with van der Waals surface area (Å²) in [4.78, 5) is 0. The van der Waals surface area contributed by atoms with Gasteiger partial charge in [0.1, 0.15) is 8.80 Å². The second kappa shape index (κ2) is 9.31. The highest BCUT2D eigenvalue weighted by molar-refractivity contribution is 6.85. The van der Waals surface area contributed by atoms with Crippen molar-refractivity contribution >= 4 is 19.2 Å². The van der Waals surface area contributed by atoms with Crippen LogP contribution in [0.25, 0.3) is 0 Å². The predicted molar refractivity (Wildman–Crippen MR) is 107 cm³/mol. The Labute approximate surface area is 143 Å². The van der Waals surface area contributed by atoms with Crippen molar-refractivity contribution in [1.29, 1.82) is 0 Å². The van der Waals surface area contributed by atoms with Gasteiger partial charge in [0.15, 0.2) is 0 Å². The van der Waals surface area contributed by atoms with Gasteiger partial charge in [0, 0.05) is 0 Å². The first-order chi connectivity index (χ1) is 11.2. The number of benzene rings is 2. The fourth-order valence-electron chi connectivity index (χ4n) is 2.84. The van der Waals surface area contributed by atoms with Crippen LogP contribution in [0.1, 0.15) is 33.6 Å². The molecule has 0 saturated carbocycles. The monoisotopic (exact) mass is 320 g/mol. The normalized spacial score (nSPS) is 11.6. The molecule has 0 spiro atoms. The van der Waals surface area contributed by atoms with Gasteiger partial charge in [0.25, 0.3) is 0 Å². The molecule has 0 saturated heterocycles. The maximum atomic E-state index is 2.48. The average Bonchev–Trinajstić information content (AvgIpc) is 2.57.